The molecule has 0 amide bonds. The average molecular weight is 269 g/mol. The van der Waals surface area contributed by atoms with Gasteiger partial charge in [0, 0.05) is 0 Å². The standard InChI is InChI=1S/C12H17NO4.C2H6/c1-13-10(11(14)12(15)17-3)8-4-6-9(16-2)7-5-8;1-2/h4-7,10-11,13-14H,1-3H3;1-2H3. The number of esters is 1. The van der Waals surface area contributed by atoms with Crippen molar-refractivity contribution >= 4 is 5.97 Å². The Morgan fingerprint density at radius 2 is 1.74 bits per heavy atom. The van der Waals surface area contributed by atoms with E-state index in [9.17, 15) is 9.90 Å². The molecule has 5 nitrogen and oxygen atoms in total. The number of rotatable bonds is 5. The number of likely N-dealkylation sites (N-methyl/N-ethyl adjacent to an activating group) is 1. The average Bonchev–Trinajstić information content (AvgIpc) is 2.49. The molecule has 0 aliphatic heterocycles. The Kier molecular flexibility index (Phi) is 8.57. The van der Waals surface area contributed by atoms with Crippen LogP contribution >= 0.6 is 0 Å². The second-order valence-corrected chi connectivity index (χ2v) is 3.51. The van der Waals surface area contributed by atoms with Crippen molar-refractivity contribution in [3.63, 3.8) is 0 Å². The molecule has 0 bridgehead atoms. The second-order valence-electron chi connectivity index (χ2n) is 3.51. The van der Waals surface area contributed by atoms with Gasteiger partial charge in [0.1, 0.15) is 5.75 Å². The minimum Gasteiger partial charge on any atom is -0.497 e. The van der Waals surface area contributed by atoms with Crippen molar-refractivity contribution < 1.29 is 19.4 Å². The third-order valence-corrected chi connectivity index (χ3v) is 2.54. The molecule has 108 valence electrons. The van der Waals surface area contributed by atoms with E-state index in [1.807, 2.05) is 13.8 Å². The lowest BCUT2D eigenvalue weighted by molar-refractivity contribution is -0.152. The fourth-order valence-electron chi connectivity index (χ4n) is 1.57. The van der Waals surface area contributed by atoms with Crippen molar-refractivity contribution in [3.8, 4) is 5.75 Å². The Hall–Kier alpha value is -1.59. The Morgan fingerprint density at radius 3 is 2.11 bits per heavy atom. The van der Waals surface area contributed by atoms with Crippen LogP contribution < -0.4 is 10.1 Å². The molecule has 2 unspecified atom stereocenters. The number of aliphatic hydroxyl groups is 1. The quantitative estimate of drug-likeness (QED) is 0.793. The van der Waals surface area contributed by atoms with Crippen LogP contribution in [0.25, 0.3) is 0 Å². The summed E-state index contributed by atoms with van der Waals surface area (Å²) in [5.41, 5.74) is 0.784. The van der Waals surface area contributed by atoms with E-state index in [2.05, 4.69) is 10.1 Å². The first-order valence-corrected chi connectivity index (χ1v) is 6.21. The van der Waals surface area contributed by atoms with Crippen LogP contribution in [0.2, 0.25) is 0 Å². The van der Waals surface area contributed by atoms with Gasteiger partial charge in [0.2, 0.25) is 0 Å². The van der Waals surface area contributed by atoms with Gasteiger partial charge in [0.25, 0.3) is 0 Å². The van der Waals surface area contributed by atoms with Gasteiger partial charge in [-0.1, -0.05) is 26.0 Å². The Labute approximate surface area is 114 Å². The zero-order chi connectivity index (χ0) is 14.8. The maximum atomic E-state index is 11.3. The van der Waals surface area contributed by atoms with Gasteiger partial charge in [-0.05, 0) is 24.7 Å². The van der Waals surface area contributed by atoms with Crippen LogP contribution in [0.5, 0.6) is 5.75 Å². The molecule has 0 saturated heterocycles. The summed E-state index contributed by atoms with van der Waals surface area (Å²) in [4.78, 5) is 11.3. The molecule has 19 heavy (non-hydrogen) atoms. The fraction of sp³-hybridized carbons (Fsp3) is 0.500. The van der Waals surface area contributed by atoms with Crippen molar-refractivity contribution in [3.05, 3.63) is 29.8 Å². The predicted molar refractivity (Wildman–Crippen MR) is 74.2 cm³/mol. The van der Waals surface area contributed by atoms with Crippen molar-refractivity contribution in [2.75, 3.05) is 21.3 Å². The maximum Gasteiger partial charge on any atom is 0.336 e. The zero-order valence-electron chi connectivity index (χ0n) is 12.1. The van der Waals surface area contributed by atoms with E-state index >= 15 is 0 Å². The third-order valence-electron chi connectivity index (χ3n) is 2.54. The number of nitrogens with one attached hydrogen (secondary N) is 1. The van der Waals surface area contributed by atoms with Gasteiger partial charge in [-0.2, -0.15) is 0 Å². The highest BCUT2D eigenvalue weighted by atomic mass is 16.5. The lowest BCUT2D eigenvalue weighted by Crippen LogP contribution is -2.36. The predicted octanol–water partition coefficient (Wildman–Crippen LogP) is 1.52. The van der Waals surface area contributed by atoms with Crippen LogP contribution in [-0.2, 0) is 9.53 Å². The van der Waals surface area contributed by atoms with Crippen LogP contribution in [0, 0.1) is 0 Å². The minimum absolute atomic E-state index is 0.506. The van der Waals surface area contributed by atoms with E-state index in [-0.39, 0.29) is 0 Å². The highest BCUT2D eigenvalue weighted by Crippen LogP contribution is 2.20. The summed E-state index contributed by atoms with van der Waals surface area (Å²) < 4.78 is 9.54. The smallest absolute Gasteiger partial charge is 0.336 e. The van der Waals surface area contributed by atoms with Crippen molar-refractivity contribution in [1.82, 2.24) is 5.32 Å². The Morgan fingerprint density at radius 1 is 1.21 bits per heavy atom. The van der Waals surface area contributed by atoms with E-state index in [1.54, 1.807) is 38.4 Å². The first-order valence-electron chi connectivity index (χ1n) is 6.21. The molecule has 0 aliphatic rings. The fourth-order valence-corrected chi connectivity index (χ4v) is 1.57. The summed E-state index contributed by atoms with van der Waals surface area (Å²) in [6, 6.07) is 6.60. The van der Waals surface area contributed by atoms with Gasteiger partial charge in [-0.25, -0.2) is 4.79 Å². The molecule has 1 aromatic carbocycles. The number of hydrogen-bond donors (Lipinski definition) is 2. The molecule has 1 aromatic rings. The van der Waals surface area contributed by atoms with Crippen LogP contribution in [0.3, 0.4) is 0 Å². The molecule has 2 atom stereocenters. The number of carbonyl (C=O) groups is 1. The number of aliphatic hydroxyl groups excluding tert-OH is 1. The number of benzene rings is 1. The van der Waals surface area contributed by atoms with Gasteiger partial charge < -0.3 is 19.9 Å². The molecule has 0 aliphatic carbocycles. The molecule has 2 N–H and O–H groups in total. The monoisotopic (exact) mass is 269 g/mol. The summed E-state index contributed by atoms with van der Waals surface area (Å²) in [6.45, 7) is 4.00. The van der Waals surface area contributed by atoms with Crippen molar-refractivity contribution in [2.45, 2.75) is 26.0 Å². The highest BCUT2D eigenvalue weighted by molar-refractivity contribution is 5.75. The first kappa shape index (κ1) is 17.4. The van der Waals surface area contributed by atoms with Crippen LogP contribution in [-0.4, -0.2) is 38.4 Å². The van der Waals surface area contributed by atoms with Crippen LogP contribution in [0.4, 0.5) is 0 Å². The summed E-state index contributed by atoms with van der Waals surface area (Å²) in [5, 5.41) is 12.7. The summed E-state index contributed by atoms with van der Waals surface area (Å²) in [7, 11) is 4.49. The molecule has 0 fully saturated rings. The number of carbonyl (C=O) groups excluding carboxylic acids is 1. The molecular weight excluding hydrogens is 246 g/mol. The second kappa shape index (κ2) is 9.35. The highest BCUT2D eigenvalue weighted by Gasteiger charge is 2.26. The Balaban J connectivity index is 0.00000154. The van der Waals surface area contributed by atoms with Gasteiger partial charge in [0.05, 0.1) is 20.3 Å². The molecule has 0 spiro atoms. The SMILES string of the molecule is CC.CNC(c1ccc(OC)cc1)C(O)C(=O)OC. The third kappa shape index (κ3) is 4.89. The van der Waals surface area contributed by atoms with E-state index in [0.29, 0.717) is 0 Å². The van der Waals surface area contributed by atoms with Gasteiger partial charge in [-0.3, -0.25) is 0 Å². The molecule has 1 rings (SSSR count). The van der Waals surface area contributed by atoms with E-state index in [0.717, 1.165) is 11.3 Å². The number of methoxy groups -OCH3 is 2. The molecule has 0 heterocycles. The zero-order valence-corrected chi connectivity index (χ0v) is 12.1. The van der Waals surface area contributed by atoms with Crippen molar-refractivity contribution in [2.24, 2.45) is 0 Å². The van der Waals surface area contributed by atoms with Gasteiger partial charge >= 0.3 is 5.97 Å². The van der Waals surface area contributed by atoms with Crippen LogP contribution in [0.15, 0.2) is 24.3 Å². The lowest BCUT2D eigenvalue weighted by Gasteiger charge is -2.21. The summed E-state index contributed by atoms with van der Waals surface area (Å²) >= 11 is 0. The number of ether oxygens (including phenoxy) is 2. The first-order chi connectivity index (χ1) is 9.13. The largest absolute Gasteiger partial charge is 0.497 e. The minimum atomic E-state index is -1.24. The van der Waals surface area contributed by atoms with Gasteiger partial charge in [0.15, 0.2) is 6.10 Å². The maximum absolute atomic E-state index is 11.3. The van der Waals surface area contributed by atoms with Gasteiger partial charge in [-0.15, -0.1) is 0 Å². The van der Waals surface area contributed by atoms with Crippen molar-refractivity contribution in [1.29, 1.82) is 0 Å². The molecule has 5 heteroatoms. The van der Waals surface area contributed by atoms with E-state index < -0.39 is 18.1 Å². The van der Waals surface area contributed by atoms with E-state index in [1.165, 1.54) is 7.11 Å². The van der Waals surface area contributed by atoms with E-state index in [4.69, 9.17) is 4.74 Å². The topological polar surface area (TPSA) is 67.8 Å². The molecular formula is C14H23NO4. The summed E-state index contributed by atoms with van der Waals surface area (Å²) in [6.07, 6.45) is -1.24. The Bertz CT molecular complexity index is 364. The van der Waals surface area contributed by atoms with Crippen LogP contribution in [0.1, 0.15) is 25.5 Å². The number of hydrogen-bond acceptors (Lipinski definition) is 5. The molecule has 0 saturated carbocycles. The normalized spacial score (nSPS) is 12.7. The summed E-state index contributed by atoms with van der Waals surface area (Å²) in [5.74, 6) is 0.0522. The lowest BCUT2D eigenvalue weighted by atomic mass is 10.0. The molecule has 0 aromatic heterocycles. The molecule has 0 radical (unpaired) electrons.